The van der Waals surface area contributed by atoms with Gasteiger partial charge in [0.25, 0.3) is 0 Å². The molecular formula is C15H14ClO3P. The van der Waals surface area contributed by atoms with Crippen LogP contribution >= 0.6 is 20.2 Å². The lowest BCUT2D eigenvalue weighted by Gasteiger charge is -2.09. The van der Waals surface area contributed by atoms with E-state index in [1.54, 1.807) is 38.5 Å². The molecule has 0 aromatic heterocycles. The molecule has 0 radical (unpaired) electrons. The van der Waals surface area contributed by atoms with Crippen molar-refractivity contribution in [2.75, 3.05) is 14.2 Å². The van der Waals surface area contributed by atoms with Crippen molar-refractivity contribution < 1.29 is 14.3 Å². The van der Waals surface area contributed by atoms with Crippen molar-refractivity contribution in [2.45, 2.75) is 0 Å². The number of hydrogen-bond donors (Lipinski definition) is 0. The molecule has 0 heterocycles. The number of benzene rings is 2. The fourth-order valence-corrected chi connectivity index (χ4v) is 3.00. The summed E-state index contributed by atoms with van der Waals surface area (Å²) in [5.41, 5.74) is 0.565. The summed E-state index contributed by atoms with van der Waals surface area (Å²) < 4.78 is 10.3. The molecule has 3 nitrogen and oxygen atoms in total. The number of carbonyl (C=O) groups excluding carboxylic acids is 1. The molecule has 20 heavy (non-hydrogen) atoms. The Morgan fingerprint density at radius 1 is 1.10 bits per heavy atom. The largest absolute Gasteiger partial charge is 0.497 e. The number of rotatable bonds is 5. The van der Waals surface area contributed by atoms with Gasteiger partial charge in [-0.15, -0.1) is 0 Å². The zero-order valence-electron chi connectivity index (χ0n) is 11.1. The van der Waals surface area contributed by atoms with Crippen LogP contribution in [0.1, 0.15) is 10.4 Å². The molecule has 5 heteroatoms. The van der Waals surface area contributed by atoms with E-state index in [1.165, 1.54) is 0 Å². The predicted molar refractivity (Wildman–Crippen MR) is 83.3 cm³/mol. The summed E-state index contributed by atoms with van der Waals surface area (Å²) in [7, 11) is 3.07. The molecule has 2 aromatic carbocycles. The first-order valence-electron chi connectivity index (χ1n) is 5.93. The molecule has 0 bridgehead atoms. The second-order valence-corrected chi connectivity index (χ2v) is 5.65. The van der Waals surface area contributed by atoms with Gasteiger partial charge in [-0.1, -0.05) is 23.7 Å². The summed E-state index contributed by atoms with van der Waals surface area (Å²) in [5.74, 6) is 1.25. The van der Waals surface area contributed by atoms with Crippen LogP contribution in [0.4, 0.5) is 0 Å². The Hall–Kier alpha value is -1.57. The van der Waals surface area contributed by atoms with Gasteiger partial charge in [0.2, 0.25) is 0 Å². The van der Waals surface area contributed by atoms with Gasteiger partial charge < -0.3 is 9.47 Å². The van der Waals surface area contributed by atoms with E-state index in [2.05, 4.69) is 0 Å². The van der Waals surface area contributed by atoms with Crippen molar-refractivity contribution in [3.63, 3.8) is 0 Å². The van der Waals surface area contributed by atoms with Crippen molar-refractivity contribution in [1.82, 2.24) is 0 Å². The van der Waals surface area contributed by atoms with Crippen LogP contribution in [-0.2, 0) is 0 Å². The van der Waals surface area contributed by atoms with E-state index in [0.29, 0.717) is 22.1 Å². The SMILES string of the molecule is COc1ccc(PC(=O)c2ccccc2OC)c(Cl)c1. The molecule has 0 aliphatic heterocycles. The van der Waals surface area contributed by atoms with E-state index in [0.717, 1.165) is 5.30 Å². The molecule has 1 unspecified atom stereocenters. The number of para-hydroxylation sites is 1. The Morgan fingerprint density at radius 3 is 2.50 bits per heavy atom. The Morgan fingerprint density at radius 2 is 1.85 bits per heavy atom. The molecule has 0 aliphatic carbocycles. The number of ether oxygens (including phenoxy) is 2. The maximum absolute atomic E-state index is 12.3. The number of hydrogen-bond acceptors (Lipinski definition) is 3. The summed E-state index contributed by atoms with van der Waals surface area (Å²) in [4.78, 5) is 12.3. The second-order valence-electron chi connectivity index (χ2n) is 4.00. The third-order valence-electron chi connectivity index (χ3n) is 2.78. The zero-order chi connectivity index (χ0) is 14.5. The smallest absolute Gasteiger partial charge is 0.189 e. The first kappa shape index (κ1) is 14.8. The Balaban J connectivity index is 2.23. The van der Waals surface area contributed by atoms with Crippen LogP contribution in [0.15, 0.2) is 42.5 Å². The predicted octanol–water partition coefficient (Wildman–Crippen LogP) is 3.50. The van der Waals surface area contributed by atoms with Crippen LogP contribution in [0.3, 0.4) is 0 Å². The molecular weight excluding hydrogens is 295 g/mol. The highest BCUT2D eigenvalue weighted by Crippen LogP contribution is 2.29. The van der Waals surface area contributed by atoms with Gasteiger partial charge in [0.15, 0.2) is 5.52 Å². The topological polar surface area (TPSA) is 35.5 Å². The van der Waals surface area contributed by atoms with Crippen molar-refractivity contribution in [1.29, 1.82) is 0 Å². The van der Waals surface area contributed by atoms with E-state index < -0.39 is 0 Å². The van der Waals surface area contributed by atoms with Gasteiger partial charge >= 0.3 is 0 Å². The van der Waals surface area contributed by atoms with Gasteiger partial charge in [0.1, 0.15) is 11.5 Å². The van der Waals surface area contributed by atoms with Gasteiger partial charge in [0, 0.05) is 0 Å². The van der Waals surface area contributed by atoms with Crippen LogP contribution in [0.25, 0.3) is 0 Å². The van der Waals surface area contributed by atoms with E-state index in [1.807, 2.05) is 18.2 Å². The number of methoxy groups -OCH3 is 2. The van der Waals surface area contributed by atoms with Crippen molar-refractivity contribution in [3.05, 3.63) is 53.1 Å². The Kier molecular flexibility index (Phi) is 4.99. The molecule has 0 spiro atoms. The average Bonchev–Trinajstić information content (AvgIpc) is 2.49. The summed E-state index contributed by atoms with van der Waals surface area (Å²) in [6, 6.07) is 12.5. The van der Waals surface area contributed by atoms with Crippen LogP contribution in [0, 0.1) is 0 Å². The van der Waals surface area contributed by atoms with Crippen LogP contribution in [0.5, 0.6) is 11.5 Å². The van der Waals surface area contributed by atoms with Crippen molar-refractivity contribution >= 4 is 31.0 Å². The van der Waals surface area contributed by atoms with Crippen LogP contribution < -0.4 is 14.8 Å². The molecule has 0 aliphatic rings. The minimum absolute atomic E-state index is 0.00508. The maximum atomic E-state index is 12.3. The van der Waals surface area contributed by atoms with Crippen molar-refractivity contribution in [2.24, 2.45) is 0 Å². The van der Waals surface area contributed by atoms with Gasteiger partial charge in [-0.05, 0) is 44.2 Å². The normalized spacial score (nSPS) is 10.8. The number of carbonyl (C=O) groups is 1. The van der Waals surface area contributed by atoms with Gasteiger partial charge in [-0.25, -0.2) is 0 Å². The summed E-state index contributed by atoms with van der Waals surface area (Å²) in [6.07, 6.45) is 0. The summed E-state index contributed by atoms with van der Waals surface area (Å²) >= 11 is 6.16. The van der Waals surface area contributed by atoms with Gasteiger partial charge in [0.05, 0.1) is 24.8 Å². The van der Waals surface area contributed by atoms with Gasteiger partial charge in [-0.3, -0.25) is 4.79 Å². The molecule has 2 rings (SSSR count). The highest BCUT2D eigenvalue weighted by molar-refractivity contribution is 7.66. The third kappa shape index (κ3) is 3.30. The van der Waals surface area contributed by atoms with Gasteiger partial charge in [-0.2, -0.15) is 0 Å². The highest BCUT2D eigenvalue weighted by atomic mass is 35.5. The zero-order valence-corrected chi connectivity index (χ0v) is 12.9. The number of halogens is 1. The molecule has 0 saturated heterocycles. The first-order valence-corrected chi connectivity index (χ1v) is 7.31. The van der Waals surface area contributed by atoms with E-state index >= 15 is 0 Å². The van der Waals surface area contributed by atoms with E-state index in [9.17, 15) is 4.79 Å². The fourth-order valence-electron chi connectivity index (χ4n) is 1.75. The minimum atomic E-state index is -0.0547. The fraction of sp³-hybridized carbons (Fsp3) is 0.133. The molecule has 104 valence electrons. The quantitative estimate of drug-likeness (QED) is 0.793. The maximum Gasteiger partial charge on any atom is 0.189 e. The average molecular weight is 309 g/mol. The molecule has 1 atom stereocenters. The second kappa shape index (κ2) is 6.74. The summed E-state index contributed by atoms with van der Waals surface area (Å²) in [5, 5.41) is 1.33. The Bertz CT molecular complexity index is 628. The van der Waals surface area contributed by atoms with E-state index in [4.69, 9.17) is 21.1 Å². The van der Waals surface area contributed by atoms with Crippen LogP contribution in [0.2, 0.25) is 5.02 Å². The third-order valence-corrected chi connectivity index (χ3v) is 4.45. The lowest BCUT2D eigenvalue weighted by molar-refractivity contribution is 0.108. The van der Waals surface area contributed by atoms with E-state index in [-0.39, 0.29) is 14.1 Å². The Labute approximate surface area is 124 Å². The molecule has 0 N–H and O–H groups in total. The first-order chi connectivity index (χ1) is 9.65. The standard InChI is InChI=1S/C15H14ClO3P/c1-18-10-7-8-14(12(16)9-10)20-15(17)11-5-3-4-6-13(11)19-2/h3-9,20H,1-2H3. The molecule has 0 fully saturated rings. The monoisotopic (exact) mass is 308 g/mol. The molecule has 0 amide bonds. The molecule has 2 aromatic rings. The lowest BCUT2D eigenvalue weighted by Crippen LogP contribution is -2.04. The minimum Gasteiger partial charge on any atom is -0.497 e. The molecule has 0 saturated carbocycles. The lowest BCUT2D eigenvalue weighted by atomic mass is 10.2. The van der Waals surface area contributed by atoms with Crippen molar-refractivity contribution in [3.8, 4) is 11.5 Å². The summed E-state index contributed by atoms with van der Waals surface area (Å²) in [6.45, 7) is 0. The highest BCUT2D eigenvalue weighted by Gasteiger charge is 2.14. The van der Waals surface area contributed by atoms with Crippen LogP contribution in [-0.4, -0.2) is 19.7 Å².